The molecule has 3 nitrogen and oxygen atoms in total. The number of rotatable bonds is 6. The van der Waals surface area contributed by atoms with Crippen LogP contribution in [0.1, 0.15) is 16.7 Å². The van der Waals surface area contributed by atoms with Crippen molar-refractivity contribution in [2.24, 2.45) is 0 Å². The summed E-state index contributed by atoms with van der Waals surface area (Å²) in [6.45, 7) is 2.51. The second-order valence-electron chi connectivity index (χ2n) is 6.01. The maximum Gasteiger partial charge on any atom is 0.243 e. The van der Waals surface area contributed by atoms with Gasteiger partial charge in [-0.1, -0.05) is 78.9 Å². The molecule has 0 unspecified atom stereocenters. The monoisotopic (exact) mass is 351 g/mol. The molecule has 0 saturated heterocycles. The van der Waals surface area contributed by atoms with E-state index >= 15 is 0 Å². The molecule has 4 heteroatoms. The van der Waals surface area contributed by atoms with Crippen molar-refractivity contribution in [1.82, 2.24) is 4.31 Å². The zero-order chi connectivity index (χ0) is 17.7. The fourth-order valence-electron chi connectivity index (χ4n) is 2.78. The summed E-state index contributed by atoms with van der Waals surface area (Å²) < 4.78 is 28.1. The van der Waals surface area contributed by atoms with Crippen molar-refractivity contribution in [1.29, 1.82) is 0 Å². The molecule has 0 aliphatic heterocycles. The van der Waals surface area contributed by atoms with Crippen LogP contribution in [0.5, 0.6) is 0 Å². The minimum absolute atomic E-state index is 0.340. The first-order valence-electron chi connectivity index (χ1n) is 8.21. The smallest absolute Gasteiger partial charge is 0.207 e. The summed E-state index contributed by atoms with van der Waals surface area (Å²) in [5, 5.41) is 0. The standard InChI is InChI=1S/C21H21NO2S/c1-18-10-8-9-15-21(18)25(23,24)22(16-19-11-4-2-5-12-19)17-20-13-6-3-7-14-20/h2-15H,16-17H2,1H3. The van der Waals surface area contributed by atoms with Crippen molar-refractivity contribution >= 4 is 10.0 Å². The first-order chi connectivity index (χ1) is 12.1. The van der Waals surface area contributed by atoms with Gasteiger partial charge in [0, 0.05) is 13.1 Å². The number of sulfonamides is 1. The molecule has 3 rings (SSSR count). The van der Waals surface area contributed by atoms with E-state index in [1.165, 1.54) is 0 Å². The van der Waals surface area contributed by atoms with Crippen LogP contribution in [0.2, 0.25) is 0 Å². The van der Waals surface area contributed by atoms with Gasteiger partial charge in [0.1, 0.15) is 0 Å². The van der Waals surface area contributed by atoms with E-state index in [1.54, 1.807) is 16.4 Å². The Balaban J connectivity index is 1.99. The van der Waals surface area contributed by atoms with E-state index in [2.05, 4.69) is 0 Å². The summed E-state index contributed by atoms with van der Waals surface area (Å²) in [6, 6.07) is 26.5. The van der Waals surface area contributed by atoms with Gasteiger partial charge in [0.2, 0.25) is 10.0 Å². The van der Waals surface area contributed by atoms with Gasteiger partial charge in [0.15, 0.2) is 0 Å². The summed E-state index contributed by atoms with van der Waals surface area (Å²) in [7, 11) is -3.59. The second kappa shape index (κ2) is 7.64. The average Bonchev–Trinajstić information content (AvgIpc) is 2.63. The molecular formula is C21H21NO2S. The van der Waals surface area contributed by atoms with Gasteiger partial charge in [0.05, 0.1) is 4.90 Å². The lowest BCUT2D eigenvalue weighted by molar-refractivity contribution is 0.401. The van der Waals surface area contributed by atoms with Crippen LogP contribution in [0, 0.1) is 6.92 Å². The number of benzene rings is 3. The summed E-state index contributed by atoms with van der Waals surface area (Å²) >= 11 is 0. The van der Waals surface area contributed by atoms with Gasteiger partial charge >= 0.3 is 0 Å². The molecule has 0 fully saturated rings. The highest BCUT2D eigenvalue weighted by atomic mass is 32.2. The molecule has 3 aromatic carbocycles. The van der Waals surface area contributed by atoms with E-state index in [0.717, 1.165) is 16.7 Å². The molecule has 25 heavy (non-hydrogen) atoms. The highest BCUT2D eigenvalue weighted by Crippen LogP contribution is 2.23. The molecule has 0 aromatic heterocycles. The average molecular weight is 351 g/mol. The highest BCUT2D eigenvalue weighted by Gasteiger charge is 2.26. The van der Waals surface area contributed by atoms with Crippen molar-refractivity contribution in [2.45, 2.75) is 24.9 Å². The molecule has 0 saturated carbocycles. The summed E-state index contributed by atoms with van der Waals surface area (Å²) in [5.74, 6) is 0. The third-order valence-corrected chi connectivity index (χ3v) is 6.07. The number of hydrogen-bond donors (Lipinski definition) is 0. The Morgan fingerprint density at radius 1 is 0.680 bits per heavy atom. The maximum absolute atomic E-state index is 13.3. The minimum Gasteiger partial charge on any atom is -0.207 e. The fraction of sp³-hybridized carbons (Fsp3) is 0.143. The first-order valence-corrected chi connectivity index (χ1v) is 9.65. The van der Waals surface area contributed by atoms with E-state index in [4.69, 9.17) is 0 Å². The largest absolute Gasteiger partial charge is 0.243 e. The van der Waals surface area contributed by atoms with Crippen LogP contribution in [0.3, 0.4) is 0 Å². The third-order valence-electron chi connectivity index (χ3n) is 4.11. The third kappa shape index (κ3) is 4.16. The Bertz CT molecular complexity index is 881. The van der Waals surface area contributed by atoms with Gasteiger partial charge in [0.25, 0.3) is 0 Å². The zero-order valence-corrected chi connectivity index (χ0v) is 15.0. The van der Waals surface area contributed by atoms with Crippen LogP contribution < -0.4 is 0 Å². The van der Waals surface area contributed by atoms with Gasteiger partial charge in [-0.05, 0) is 29.7 Å². The maximum atomic E-state index is 13.3. The molecule has 128 valence electrons. The fourth-order valence-corrected chi connectivity index (χ4v) is 4.43. The van der Waals surface area contributed by atoms with E-state index in [0.29, 0.717) is 18.0 Å². The lowest BCUT2D eigenvalue weighted by Gasteiger charge is -2.23. The quantitative estimate of drug-likeness (QED) is 0.661. The van der Waals surface area contributed by atoms with Gasteiger partial charge in [-0.15, -0.1) is 0 Å². The van der Waals surface area contributed by atoms with Gasteiger partial charge in [-0.3, -0.25) is 0 Å². The van der Waals surface area contributed by atoms with E-state index in [1.807, 2.05) is 79.7 Å². The number of hydrogen-bond acceptors (Lipinski definition) is 2. The topological polar surface area (TPSA) is 37.4 Å². The van der Waals surface area contributed by atoms with Crippen molar-refractivity contribution in [3.63, 3.8) is 0 Å². The Morgan fingerprint density at radius 3 is 1.60 bits per heavy atom. The molecule has 0 radical (unpaired) electrons. The summed E-state index contributed by atoms with van der Waals surface area (Å²) in [6.07, 6.45) is 0. The van der Waals surface area contributed by atoms with Gasteiger partial charge in [-0.25, -0.2) is 8.42 Å². The molecule has 0 heterocycles. The molecule has 0 amide bonds. The van der Waals surface area contributed by atoms with Crippen LogP contribution in [0.15, 0.2) is 89.8 Å². The Hall–Kier alpha value is -2.43. The predicted molar refractivity (Wildman–Crippen MR) is 100 cm³/mol. The van der Waals surface area contributed by atoms with Crippen molar-refractivity contribution in [3.05, 3.63) is 102 Å². The van der Waals surface area contributed by atoms with Gasteiger partial charge < -0.3 is 0 Å². The molecule has 0 bridgehead atoms. The Kier molecular flexibility index (Phi) is 5.31. The number of nitrogens with zero attached hydrogens (tertiary/aromatic N) is 1. The zero-order valence-electron chi connectivity index (χ0n) is 14.2. The lowest BCUT2D eigenvalue weighted by atomic mass is 10.2. The Labute approximate surface area is 149 Å². The molecule has 0 atom stereocenters. The van der Waals surface area contributed by atoms with Crippen LogP contribution in [-0.2, 0) is 23.1 Å². The van der Waals surface area contributed by atoms with Crippen molar-refractivity contribution in [3.8, 4) is 0 Å². The second-order valence-corrected chi connectivity index (χ2v) is 7.92. The number of aryl methyl sites for hydroxylation is 1. The van der Waals surface area contributed by atoms with E-state index < -0.39 is 10.0 Å². The molecule has 0 aliphatic rings. The van der Waals surface area contributed by atoms with Gasteiger partial charge in [-0.2, -0.15) is 4.31 Å². The molecule has 3 aromatic rings. The highest BCUT2D eigenvalue weighted by molar-refractivity contribution is 7.89. The normalized spacial score (nSPS) is 11.6. The molecule has 0 spiro atoms. The van der Waals surface area contributed by atoms with Crippen molar-refractivity contribution in [2.75, 3.05) is 0 Å². The van der Waals surface area contributed by atoms with Crippen LogP contribution in [0.25, 0.3) is 0 Å². The first kappa shape index (κ1) is 17.4. The summed E-state index contributed by atoms with van der Waals surface area (Å²) in [5.41, 5.74) is 2.69. The van der Waals surface area contributed by atoms with Crippen LogP contribution >= 0.6 is 0 Å². The molecule has 0 aliphatic carbocycles. The molecule has 0 N–H and O–H groups in total. The van der Waals surface area contributed by atoms with Crippen LogP contribution in [0.4, 0.5) is 0 Å². The van der Waals surface area contributed by atoms with E-state index in [-0.39, 0.29) is 0 Å². The lowest BCUT2D eigenvalue weighted by Crippen LogP contribution is -2.30. The van der Waals surface area contributed by atoms with Crippen LogP contribution in [-0.4, -0.2) is 12.7 Å². The summed E-state index contributed by atoms with van der Waals surface area (Å²) in [4.78, 5) is 0.363. The predicted octanol–water partition coefficient (Wildman–Crippen LogP) is 4.39. The minimum atomic E-state index is -3.59. The molecular weight excluding hydrogens is 330 g/mol. The SMILES string of the molecule is Cc1ccccc1S(=O)(=O)N(Cc1ccccc1)Cc1ccccc1. The van der Waals surface area contributed by atoms with Crippen molar-refractivity contribution < 1.29 is 8.42 Å². The van der Waals surface area contributed by atoms with E-state index in [9.17, 15) is 8.42 Å². The Morgan fingerprint density at radius 2 is 1.12 bits per heavy atom.